The van der Waals surface area contributed by atoms with Crippen LogP contribution in [0.5, 0.6) is 0 Å². The molecule has 1 aliphatic heterocycles. The van der Waals surface area contributed by atoms with E-state index in [0.29, 0.717) is 28.7 Å². The molecule has 3 aromatic carbocycles. The van der Waals surface area contributed by atoms with E-state index in [4.69, 9.17) is 32.9 Å². The largest absolute Gasteiger partial charge is 0.465 e. The van der Waals surface area contributed by atoms with E-state index in [9.17, 15) is 4.79 Å². The number of esters is 1. The van der Waals surface area contributed by atoms with Crippen molar-refractivity contribution in [2.75, 3.05) is 25.1 Å². The molecule has 33 heavy (non-hydrogen) atoms. The number of para-hydroxylation sites is 1. The third-order valence-corrected chi connectivity index (χ3v) is 6.01. The molecule has 0 radical (unpaired) electrons. The van der Waals surface area contributed by atoms with Gasteiger partial charge in [-0.05, 0) is 47.5 Å². The number of nitrogens with zero attached hydrogens (tertiary/aromatic N) is 2. The van der Waals surface area contributed by atoms with Crippen molar-refractivity contribution in [1.82, 2.24) is 0 Å². The Bertz CT molecular complexity index is 1210. The highest BCUT2D eigenvalue weighted by molar-refractivity contribution is 6.42. The number of allylic oxidation sites excluding steroid dienone is 1. The molecule has 0 aromatic heterocycles. The molecule has 0 unspecified atom stereocenters. The Morgan fingerprint density at radius 2 is 1.85 bits per heavy atom. The number of methoxy groups -OCH3 is 1. The van der Waals surface area contributed by atoms with Gasteiger partial charge in [-0.2, -0.15) is 0 Å². The maximum atomic E-state index is 11.9. The van der Waals surface area contributed by atoms with Gasteiger partial charge in [0, 0.05) is 24.3 Å². The summed E-state index contributed by atoms with van der Waals surface area (Å²) in [4.78, 5) is 19.0. The highest BCUT2D eigenvalue weighted by atomic mass is 35.5. The lowest BCUT2D eigenvalue weighted by molar-refractivity contribution is 0.0600. The second-order valence-electron chi connectivity index (χ2n) is 7.40. The number of benzodiazepines with no additional fused rings is 1. The smallest absolute Gasteiger partial charge is 0.337 e. The number of fused-ring (bicyclic) bond motifs is 1. The SMILES string of the molecule is COC(=O)c1cccc(CN2CCN=C(/C=C/c3ccc(Cl)c(Cl)c3)c3ccccc32)c1.Cl. The molecule has 0 N–H and O–H groups in total. The Kier molecular flexibility index (Phi) is 8.56. The molecule has 0 fully saturated rings. The fraction of sp³-hybridized carbons (Fsp3) is 0.154. The van der Waals surface area contributed by atoms with Crippen molar-refractivity contribution in [3.05, 3.63) is 105 Å². The van der Waals surface area contributed by atoms with Crippen LogP contribution in [0.25, 0.3) is 6.08 Å². The lowest BCUT2D eigenvalue weighted by Gasteiger charge is -2.25. The number of carbonyl (C=O) groups excluding carboxylic acids is 1. The highest BCUT2D eigenvalue weighted by Gasteiger charge is 2.18. The van der Waals surface area contributed by atoms with E-state index in [1.165, 1.54) is 7.11 Å². The van der Waals surface area contributed by atoms with Gasteiger partial charge in [0.05, 0.1) is 35.0 Å². The van der Waals surface area contributed by atoms with E-state index < -0.39 is 0 Å². The zero-order chi connectivity index (χ0) is 22.5. The Balaban J connectivity index is 0.00000306. The first-order valence-corrected chi connectivity index (χ1v) is 11.0. The topological polar surface area (TPSA) is 41.9 Å². The molecule has 0 atom stereocenters. The van der Waals surface area contributed by atoms with Gasteiger partial charge >= 0.3 is 5.97 Å². The Hall–Kier alpha value is -2.79. The summed E-state index contributed by atoms with van der Waals surface area (Å²) in [5.41, 5.74) is 5.63. The number of rotatable bonds is 5. The lowest BCUT2D eigenvalue weighted by atomic mass is 10.0. The van der Waals surface area contributed by atoms with E-state index in [-0.39, 0.29) is 18.4 Å². The van der Waals surface area contributed by atoms with E-state index in [0.717, 1.165) is 34.6 Å². The van der Waals surface area contributed by atoms with Crippen molar-refractivity contribution in [3.8, 4) is 0 Å². The molecule has 4 rings (SSSR count). The van der Waals surface area contributed by atoms with Gasteiger partial charge in [0.2, 0.25) is 0 Å². The number of hydrogen-bond acceptors (Lipinski definition) is 4. The Morgan fingerprint density at radius 1 is 1.03 bits per heavy atom. The third-order valence-electron chi connectivity index (χ3n) is 5.27. The molecule has 7 heteroatoms. The maximum absolute atomic E-state index is 11.9. The van der Waals surface area contributed by atoms with Crippen LogP contribution in [0.1, 0.15) is 27.0 Å². The third kappa shape index (κ3) is 5.97. The molecular weight excluding hydrogens is 479 g/mol. The van der Waals surface area contributed by atoms with E-state index in [1.54, 1.807) is 12.1 Å². The van der Waals surface area contributed by atoms with Crippen molar-refractivity contribution in [2.24, 2.45) is 4.99 Å². The second-order valence-corrected chi connectivity index (χ2v) is 8.22. The van der Waals surface area contributed by atoms with Crippen LogP contribution in [-0.2, 0) is 11.3 Å². The number of anilines is 1. The fourth-order valence-corrected chi connectivity index (χ4v) is 4.00. The standard InChI is InChI=1S/C26H22Cl2N2O2.ClH/c1-32-26(31)20-6-4-5-19(15-20)17-30-14-13-29-24(21-7-2-3-8-25(21)30)12-10-18-9-11-22(27)23(28)16-18;/h2-12,15-16H,13-14,17H2,1H3;1H/b12-10+;. The monoisotopic (exact) mass is 500 g/mol. The van der Waals surface area contributed by atoms with E-state index in [2.05, 4.69) is 17.0 Å². The summed E-state index contributed by atoms with van der Waals surface area (Å²) in [5, 5.41) is 1.06. The molecule has 0 saturated carbocycles. The predicted octanol–water partition coefficient (Wildman–Crippen LogP) is 6.72. The van der Waals surface area contributed by atoms with Gasteiger partial charge in [-0.15, -0.1) is 12.4 Å². The number of carbonyl (C=O) groups is 1. The number of benzene rings is 3. The normalized spacial score (nSPS) is 13.1. The molecule has 1 heterocycles. The molecular formula is C26H23Cl3N2O2. The minimum absolute atomic E-state index is 0. The van der Waals surface area contributed by atoms with Gasteiger partial charge in [0.25, 0.3) is 0 Å². The van der Waals surface area contributed by atoms with E-state index >= 15 is 0 Å². The maximum Gasteiger partial charge on any atom is 0.337 e. The first kappa shape index (κ1) is 24.8. The number of hydrogen-bond donors (Lipinski definition) is 0. The average molecular weight is 502 g/mol. The van der Waals surface area contributed by atoms with E-state index in [1.807, 2.05) is 54.6 Å². The van der Waals surface area contributed by atoms with Crippen LogP contribution in [0.2, 0.25) is 10.0 Å². The van der Waals surface area contributed by atoms with Crippen molar-refractivity contribution >= 4 is 59.1 Å². The van der Waals surface area contributed by atoms with Crippen LogP contribution in [0.15, 0.2) is 77.8 Å². The first-order valence-electron chi connectivity index (χ1n) is 10.2. The molecule has 4 nitrogen and oxygen atoms in total. The summed E-state index contributed by atoms with van der Waals surface area (Å²) >= 11 is 12.2. The van der Waals surface area contributed by atoms with Gasteiger partial charge in [-0.25, -0.2) is 4.79 Å². The first-order chi connectivity index (χ1) is 15.5. The molecule has 1 aliphatic rings. The average Bonchev–Trinajstić information content (AvgIpc) is 2.99. The van der Waals surface area contributed by atoms with Gasteiger partial charge in [-0.3, -0.25) is 4.99 Å². The van der Waals surface area contributed by atoms with Crippen LogP contribution in [-0.4, -0.2) is 31.9 Å². The van der Waals surface area contributed by atoms with Crippen LogP contribution >= 0.6 is 35.6 Å². The number of halogens is 3. The summed E-state index contributed by atoms with van der Waals surface area (Å²) in [6, 6.07) is 21.3. The number of ether oxygens (including phenoxy) is 1. The molecule has 0 bridgehead atoms. The van der Waals surface area contributed by atoms with Gasteiger partial charge in [0.1, 0.15) is 0 Å². The Labute approximate surface area is 209 Å². The highest BCUT2D eigenvalue weighted by Crippen LogP contribution is 2.27. The quantitative estimate of drug-likeness (QED) is 0.364. The van der Waals surface area contributed by atoms with Gasteiger partial charge in [0.15, 0.2) is 0 Å². The minimum atomic E-state index is -0.332. The van der Waals surface area contributed by atoms with Crippen molar-refractivity contribution in [2.45, 2.75) is 6.54 Å². The molecule has 170 valence electrons. The molecule has 0 aliphatic carbocycles. The summed E-state index contributed by atoms with van der Waals surface area (Å²) < 4.78 is 4.85. The predicted molar refractivity (Wildman–Crippen MR) is 139 cm³/mol. The zero-order valence-corrected chi connectivity index (χ0v) is 20.3. The minimum Gasteiger partial charge on any atom is -0.465 e. The number of aliphatic imine (C=N–C) groups is 1. The van der Waals surface area contributed by atoms with Crippen molar-refractivity contribution < 1.29 is 9.53 Å². The molecule has 3 aromatic rings. The Morgan fingerprint density at radius 3 is 2.64 bits per heavy atom. The van der Waals surface area contributed by atoms with Crippen LogP contribution in [0.4, 0.5) is 5.69 Å². The molecule has 0 amide bonds. The summed E-state index contributed by atoms with van der Waals surface area (Å²) in [5.74, 6) is -0.332. The summed E-state index contributed by atoms with van der Waals surface area (Å²) in [6.45, 7) is 2.09. The fourth-order valence-electron chi connectivity index (χ4n) is 3.70. The lowest BCUT2D eigenvalue weighted by Crippen LogP contribution is -2.25. The van der Waals surface area contributed by atoms with Gasteiger partial charge in [-0.1, -0.05) is 65.7 Å². The van der Waals surface area contributed by atoms with Crippen molar-refractivity contribution in [3.63, 3.8) is 0 Å². The van der Waals surface area contributed by atoms with Gasteiger partial charge < -0.3 is 9.64 Å². The second kappa shape index (κ2) is 11.4. The zero-order valence-electron chi connectivity index (χ0n) is 18.0. The summed E-state index contributed by atoms with van der Waals surface area (Å²) in [7, 11) is 1.39. The summed E-state index contributed by atoms with van der Waals surface area (Å²) in [6.07, 6.45) is 4.01. The van der Waals surface area contributed by atoms with Crippen LogP contribution in [0.3, 0.4) is 0 Å². The molecule has 0 spiro atoms. The van der Waals surface area contributed by atoms with Crippen LogP contribution < -0.4 is 4.90 Å². The van der Waals surface area contributed by atoms with Crippen LogP contribution in [0, 0.1) is 0 Å². The van der Waals surface area contributed by atoms with Crippen molar-refractivity contribution in [1.29, 1.82) is 0 Å². The molecule has 0 saturated heterocycles.